The minimum Gasteiger partial charge on any atom is -0.341 e. The highest BCUT2D eigenvalue weighted by atomic mass is 19.4. The summed E-state index contributed by atoms with van der Waals surface area (Å²) in [5.41, 5.74) is 2.60. The van der Waals surface area contributed by atoms with Crippen LogP contribution in [0.25, 0.3) is 11.0 Å². The first-order valence-corrected chi connectivity index (χ1v) is 14.2. The molecule has 1 fully saturated rings. The number of carbonyl (C=O) groups excluding carboxylic acids is 1. The molecule has 1 saturated heterocycles. The number of para-hydroxylation sites is 2. The first-order valence-electron chi connectivity index (χ1n) is 14.2. The van der Waals surface area contributed by atoms with Crippen molar-refractivity contribution in [2.45, 2.75) is 31.5 Å². The SMILES string of the molecule is CN(CC(CCN1CCCN(c2nc3ccccc3n2CC(F)(F)F)CC1)c1ccc(F)cc1)C(=O)c1ccccc1. The lowest BCUT2D eigenvalue weighted by atomic mass is 9.94. The van der Waals surface area contributed by atoms with E-state index in [1.807, 2.05) is 23.1 Å². The standard InChI is InChI=1S/C32H35F4N5O/c1-38(30(42)25-8-3-2-4-9-25)22-26(24-12-14-27(33)15-13-24)16-19-39-17-7-18-40(21-20-39)31-37-28-10-5-6-11-29(28)41(31)23-32(34,35)36/h2-6,8-15,26H,7,16-23H2,1H3. The van der Waals surface area contributed by atoms with Gasteiger partial charge in [-0.05, 0) is 67.9 Å². The van der Waals surface area contributed by atoms with E-state index in [-0.39, 0.29) is 17.6 Å². The van der Waals surface area contributed by atoms with Crippen molar-refractivity contribution in [1.82, 2.24) is 19.4 Å². The van der Waals surface area contributed by atoms with E-state index in [0.29, 0.717) is 48.7 Å². The largest absolute Gasteiger partial charge is 0.406 e. The number of alkyl halides is 3. The Kier molecular flexibility index (Phi) is 9.11. The number of amides is 1. The molecule has 1 aromatic heterocycles. The van der Waals surface area contributed by atoms with E-state index < -0.39 is 12.7 Å². The van der Waals surface area contributed by atoms with Crippen molar-refractivity contribution in [3.05, 3.63) is 95.8 Å². The third-order valence-electron chi connectivity index (χ3n) is 7.84. The lowest BCUT2D eigenvalue weighted by Crippen LogP contribution is -2.35. The Morgan fingerprint density at radius 1 is 0.929 bits per heavy atom. The summed E-state index contributed by atoms with van der Waals surface area (Å²) in [6.07, 6.45) is -2.84. The number of imidazole rings is 1. The van der Waals surface area contributed by atoms with Gasteiger partial charge in [0.2, 0.25) is 5.95 Å². The molecule has 0 N–H and O–H groups in total. The van der Waals surface area contributed by atoms with E-state index in [9.17, 15) is 22.4 Å². The molecule has 5 rings (SSSR count). The van der Waals surface area contributed by atoms with Crippen LogP contribution in [0.4, 0.5) is 23.5 Å². The Bertz CT molecular complexity index is 1470. The van der Waals surface area contributed by atoms with Crippen LogP contribution in [0.1, 0.15) is 34.7 Å². The number of hydrogen-bond acceptors (Lipinski definition) is 4. The summed E-state index contributed by atoms with van der Waals surface area (Å²) < 4.78 is 55.4. The first-order chi connectivity index (χ1) is 20.2. The predicted molar refractivity (Wildman–Crippen MR) is 156 cm³/mol. The Balaban J connectivity index is 1.27. The summed E-state index contributed by atoms with van der Waals surface area (Å²) in [5, 5.41) is 0. The molecule has 10 heteroatoms. The van der Waals surface area contributed by atoms with Gasteiger partial charge < -0.3 is 19.3 Å². The van der Waals surface area contributed by atoms with E-state index in [4.69, 9.17) is 0 Å². The smallest absolute Gasteiger partial charge is 0.341 e. The van der Waals surface area contributed by atoms with Gasteiger partial charge in [0.1, 0.15) is 12.4 Å². The van der Waals surface area contributed by atoms with Gasteiger partial charge in [-0.15, -0.1) is 0 Å². The van der Waals surface area contributed by atoms with E-state index in [1.54, 1.807) is 60.5 Å². The molecule has 1 atom stereocenters. The molecule has 2 heterocycles. The van der Waals surface area contributed by atoms with Crippen LogP contribution in [0, 0.1) is 5.82 Å². The molecule has 1 unspecified atom stereocenters. The lowest BCUT2D eigenvalue weighted by molar-refractivity contribution is -0.139. The maximum Gasteiger partial charge on any atom is 0.406 e. The van der Waals surface area contributed by atoms with Gasteiger partial charge in [-0.3, -0.25) is 4.79 Å². The molecule has 0 saturated carbocycles. The van der Waals surface area contributed by atoms with Crippen molar-refractivity contribution in [3.63, 3.8) is 0 Å². The van der Waals surface area contributed by atoms with Crippen molar-refractivity contribution < 1.29 is 22.4 Å². The lowest BCUT2D eigenvalue weighted by Gasteiger charge is -2.28. The predicted octanol–water partition coefficient (Wildman–Crippen LogP) is 6.20. The number of hydrogen-bond donors (Lipinski definition) is 0. The molecule has 0 spiro atoms. The summed E-state index contributed by atoms with van der Waals surface area (Å²) in [6.45, 7) is 2.75. The van der Waals surface area contributed by atoms with Crippen LogP contribution in [0.5, 0.6) is 0 Å². The second-order valence-electron chi connectivity index (χ2n) is 10.9. The maximum absolute atomic E-state index is 13.7. The third-order valence-corrected chi connectivity index (χ3v) is 7.84. The van der Waals surface area contributed by atoms with Gasteiger partial charge >= 0.3 is 6.18 Å². The number of halogens is 4. The number of carbonyl (C=O) groups is 1. The molecule has 6 nitrogen and oxygen atoms in total. The van der Waals surface area contributed by atoms with Crippen LogP contribution in [-0.2, 0) is 6.54 Å². The van der Waals surface area contributed by atoms with Crippen molar-refractivity contribution in [3.8, 4) is 0 Å². The Hall–Kier alpha value is -3.92. The number of nitrogens with zero attached hydrogens (tertiary/aromatic N) is 5. The highest BCUT2D eigenvalue weighted by Crippen LogP contribution is 2.29. The van der Waals surface area contributed by atoms with Crippen LogP contribution >= 0.6 is 0 Å². The van der Waals surface area contributed by atoms with Crippen LogP contribution in [0.2, 0.25) is 0 Å². The van der Waals surface area contributed by atoms with Crippen molar-refractivity contribution in [1.29, 1.82) is 0 Å². The monoisotopic (exact) mass is 581 g/mol. The Labute approximate surface area is 243 Å². The fourth-order valence-corrected chi connectivity index (χ4v) is 5.69. The van der Waals surface area contributed by atoms with E-state index in [1.165, 1.54) is 16.7 Å². The fraction of sp³-hybridized carbons (Fsp3) is 0.375. The molecule has 1 aliphatic heterocycles. The molecular weight excluding hydrogens is 546 g/mol. The maximum atomic E-state index is 13.7. The Morgan fingerprint density at radius 2 is 1.64 bits per heavy atom. The third kappa shape index (κ3) is 7.28. The zero-order valence-corrected chi connectivity index (χ0v) is 23.6. The zero-order chi connectivity index (χ0) is 29.7. The number of benzene rings is 3. The number of fused-ring (bicyclic) bond motifs is 1. The second-order valence-corrected chi connectivity index (χ2v) is 10.9. The van der Waals surface area contributed by atoms with Crippen molar-refractivity contribution >= 4 is 22.9 Å². The molecule has 0 bridgehead atoms. The van der Waals surface area contributed by atoms with Crippen LogP contribution in [-0.4, -0.2) is 77.8 Å². The molecule has 0 radical (unpaired) electrons. The van der Waals surface area contributed by atoms with E-state index in [0.717, 1.165) is 31.5 Å². The summed E-state index contributed by atoms with van der Waals surface area (Å²) in [4.78, 5) is 23.6. The second kappa shape index (κ2) is 12.9. The van der Waals surface area contributed by atoms with Crippen molar-refractivity contribution in [2.75, 3.05) is 51.2 Å². The van der Waals surface area contributed by atoms with Gasteiger partial charge in [-0.1, -0.05) is 42.5 Å². The number of anilines is 1. The minimum absolute atomic E-state index is 0.0152. The molecule has 222 valence electrons. The average molecular weight is 582 g/mol. The first kappa shape index (κ1) is 29.6. The van der Waals surface area contributed by atoms with E-state index in [2.05, 4.69) is 9.88 Å². The van der Waals surface area contributed by atoms with E-state index >= 15 is 0 Å². The topological polar surface area (TPSA) is 44.6 Å². The number of likely N-dealkylation sites (N-methyl/N-ethyl adjacent to an activating group) is 1. The molecule has 0 aliphatic carbocycles. The summed E-state index contributed by atoms with van der Waals surface area (Å²) >= 11 is 0. The van der Waals surface area contributed by atoms with Gasteiger partial charge in [-0.25, -0.2) is 9.37 Å². The summed E-state index contributed by atoms with van der Waals surface area (Å²) in [5.74, 6) is -0.0514. The number of aromatic nitrogens is 2. The number of rotatable bonds is 9. The van der Waals surface area contributed by atoms with Crippen molar-refractivity contribution in [2.24, 2.45) is 0 Å². The van der Waals surface area contributed by atoms with Gasteiger partial charge in [0.15, 0.2) is 0 Å². The average Bonchev–Trinajstić information content (AvgIpc) is 3.16. The van der Waals surface area contributed by atoms with Crippen LogP contribution < -0.4 is 4.90 Å². The molecule has 42 heavy (non-hydrogen) atoms. The molecule has 1 amide bonds. The highest BCUT2D eigenvalue weighted by molar-refractivity contribution is 5.94. The fourth-order valence-electron chi connectivity index (χ4n) is 5.69. The van der Waals surface area contributed by atoms with Gasteiger partial charge in [-0.2, -0.15) is 13.2 Å². The normalized spacial score (nSPS) is 15.5. The minimum atomic E-state index is -4.36. The van der Waals surface area contributed by atoms with Crippen LogP contribution in [0.3, 0.4) is 0 Å². The highest BCUT2D eigenvalue weighted by Gasteiger charge is 2.32. The zero-order valence-electron chi connectivity index (χ0n) is 23.6. The summed E-state index contributed by atoms with van der Waals surface area (Å²) in [7, 11) is 1.78. The molecule has 3 aromatic carbocycles. The molecule has 1 aliphatic rings. The quantitative estimate of drug-likeness (QED) is 0.221. The summed E-state index contributed by atoms with van der Waals surface area (Å²) in [6, 6.07) is 22.5. The van der Waals surface area contributed by atoms with Gasteiger partial charge in [0.05, 0.1) is 11.0 Å². The van der Waals surface area contributed by atoms with Gasteiger partial charge in [0, 0.05) is 44.7 Å². The van der Waals surface area contributed by atoms with Gasteiger partial charge in [0.25, 0.3) is 5.91 Å². The van der Waals surface area contributed by atoms with Crippen LogP contribution in [0.15, 0.2) is 78.9 Å². The molecule has 4 aromatic rings. The molecular formula is C32H35F4N5O. The Morgan fingerprint density at radius 3 is 2.38 bits per heavy atom.